The molecule has 130 valence electrons. The number of fused-ring (bicyclic) bond motifs is 1. The maximum Gasteiger partial charge on any atom is 0.157 e. The molecule has 1 fully saturated rings. The molecule has 1 atom stereocenters. The standard InChI is InChI=1S/C20H25N5/c1-16-14-20(25-19(23-16)9-10-22-25)21-11-13-24-12-5-8-18(15-24)17-6-3-2-4-7-17/h2-4,6-7,9-10,14,18,21H,5,8,11-13,15H2,1H3/t18-/m1/s1. The molecule has 1 saturated heterocycles. The van der Waals surface area contributed by atoms with Crippen molar-refractivity contribution in [1.82, 2.24) is 19.5 Å². The number of rotatable bonds is 5. The first-order chi connectivity index (χ1) is 12.3. The summed E-state index contributed by atoms with van der Waals surface area (Å²) >= 11 is 0. The topological polar surface area (TPSA) is 45.5 Å². The normalized spacial score (nSPS) is 18.5. The molecule has 0 amide bonds. The Kier molecular flexibility index (Phi) is 4.65. The molecule has 0 unspecified atom stereocenters. The van der Waals surface area contributed by atoms with Crippen molar-refractivity contribution < 1.29 is 0 Å². The largest absolute Gasteiger partial charge is 0.369 e. The Hall–Kier alpha value is -2.40. The van der Waals surface area contributed by atoms with E-state index in [1.54, 1.807) is 6.20 Å². The molecule has 0 bridgehead atoms. The van der Waals surface area contributed by atoms with Gasteiger partial charge in [-0.05, 0) is 37.8 Å². The summed E-state index contributed by atoms with van der Waals surface area (Å²) in [7, 11) is 0. The van der Waals surface area contributed by atoms with E-state index < -0.39 is 0 Å². The van der Waals surface area contributed by atoms with Crippen molar-refractivity contribution in [3.8, 4) is 0 Å². The van der Waals surface area contributed by atoms with Crippen LogP contribution in [0.4, 0.5) is 5.82 Å². The van der Waals surface area contributed by atoms with Crippen LogP contribution in [-0.4, -0.2) is 45.7 Å². The van der Waals surface area contributed by atoms with E-state index in [-0.39, 0.29) is 0 Å². The van der Waals surface area contributed by atoms with E-state index in [0.29, 0.717) is 5.92 Å². The lowest BCUT2D eigenvalue weighted by Crippen LogP contribution is -2.37. The highest BCUT2D eigenvalue weighted by Crippen LogP contribution is 2.26. The molecule has 0 saturated carbocycles. The van der Waals surface area contributed by atoms with Gasteiger partial charge in [0.25, 0.3) is 0 Å². The molecule has 3 aromatic rings. The molecular weight excluding hydrogens is 310 g/mol. The van der Waals surface area contributed by atoms with Gasteiger partial charge in [-0.1, -0.05) is 30.3 Å². The monoisotopic (exact) mass is 335 g/mol. The van der Waals surface area contributed by atoms with Crippen LogP contribution in [0, 0.1) is 6.92 Å². The summed E-state index contributed by atoms with van der Waals surface area (Å²) in [6.07, 6.45) is 4.37. The molecule has 2 aromatic heterocycles. The van der Waals surface area contributed by atoms with Crippen molar-refractivity contribution in [3.05, 3.63) is 59.9 Å². The summed E-state index contributed by atoms with van der Waals surface area (Å²) < 4.78 is 1.87. The average Bonchev–Trinajstić information content (AvgIpc) is 3.11. The molecule has 1 aromatic carbocycles. The fraction of sp³-hybridized carbons (Fsp3) is 0.400. The van der Waals surface area contributed by atoms with Crippen LogP contribution < -0.4 is 5.32 Å². The van der Waals surface area contributed by atoms with Crippen LogP contribution in [0.15, 0.2) is 48.7 Å². The Balaban J connectivity index is 1.36. The molecule has 0 spiro atoms. The lowest BCUT2D eigenvalue weighted by molar-refractivity contribution is 0.215. The number of likely N-dealkylation sites (tertiary alicyclic amines) is 1. The lowest BCUT2D eigenvalue weighted by atomic mass is 9.91. The van der Waals surface area contributed by atoms with E-state index in [1.807, 2.05) is 17.5 Å². The Labute approximate surface area is 148 Å². The smallest absolute Gasteiger partial charge is 0.157 e. The molecule has 3 heterocycles. The summed E-state index contributed by atoms with van der Waals surface area (Å²) in [5.41, 5.74) is 3.38. The summed E-state index contributed by atoms with van der Waals surface area (Å²) in [6, 6.07) is 14.9. The van der Waals surface area contributed by atoms with Gasteiger partial charge in [-0.25, -0.2) is 4.98 Å². The number of nitrogens with one attached hydrogen (secondary N) is 1. The summed E-state index contributed by atoms with van der Waals surface area (Å²) in [5.74, 6) is 1.68. The fourth-order valence-electron chi connectivity index (χ4n) is 3.76. The van der Waals surface area contributed by atoms with Crippen LogP contribution in [0.2, 0.25) is 0 Å². The van der Waals surface area contributed by atoms with E-state index in [1.165, 1.54) is 24.9 Å². The van der Waals surface area contributed by atoms with E-state index >= 15 is 0 Å². The zero-order chi connectivity index (χ0) is 17.1. The number of nitrogens with zero attached hydrogens (tertiary/aromatic N) is 4. The molecule has 1 aliphatic heterocycles. The first-order valence-electron chi connectivity index (χ1n) is 9.12. The Morgan fingerprint density at radius 3 is 2.96 bits per heavy atom. The lowest BCUT2D eigenvalue weighted by Gasteiger charge is -2.33. The van der Waals surface area contributed by atoms with Crippen LogP contribution in [-0.2, 0) is 0 Å². The minimum atomic E-state index is 0.663. The average molecular weight is 335 g/mol. The van der Waals surface area contributed by atoms with Gasteiger partial charge in [0.1, 0.15) is 5.82 Å². The van der Waals surface area contributed by atoms with Gasteiger partial charge in [0, 0.05) is 37.5 Å². The zero-order valence-electron chi connectivity index (χ0n) is 14.7. The minimum Gasteiger partial charge on any atom is -0.369 e. The number of piperidine rings is 1. The van der Waals surface area contributed by atoms with Gasteiger partial charge < -0.3 is 10.2 Å². The zero-order valence-corrected chi connectivity index (χ0v) is 14.7. The summed E-state index contributed by atoms with van der Waals surface area (Å²) in [5, 5.41) is 7.89. The second-order valence-electron chi connectivity index (χ2n) is 6.86. The Morgan fingerprint density at radius 2 is 2.08 bits per heavy atom. The molecule has 4 rings (SSSR count). The number of anilines is 1. The van der Waals surface area contributed by atoms with Crippen LogP contribution in [0.5, 0.6) is 0 Å². The van der Waals surface area contributed by atoms with E-state index in [4.69, 9.17) is 0 Å². The van der Waals surface area contributed by atoms with Gasteiger partial charge in [0.15, 0.2) is 5.65 Å². The van der Waals surface area contributed by atoms with E-state index in [9.17, 15) is 0 Å². The third kappa shape index (κ3) is 3.66. The van der Waals surface area contributed by atoms with Gasteiger partial charge in [0.05, 0.1) is 6.20 Å². The van der Waals surface area contributed by atoms with Gasteiger partial charge in [0.2, 0.25) is 0 Å². The molecule has 0 aliphatic carbocycles. The maximum atomic E-state index is 4.49. The van der Waals surface area contributed by atoms with Crippen LogP contribution in [0.25, 0.3) is 5.65 Å². The van der Waals surface area contributed by atoms with Crippen molar-refractivity contribution in [1.29, 1.82) is 0 Å². The molecule has 25 heavy (non-hydrogen) atoms. The first kappa shape index (κ1) is 16.1. The van der Waals surface area contributed by atoms with Crippen LogP contribution >= 0.6 is 0 Å². The van der Waals surface area contributed by atoms with Crippen molar-refractivity contribution in [2.45, 2.75) is 25.7 Å². The number of hydrogen-bond donors (Lipinski definition) is 1. The predicted octanol–water partition coefficient (Wildman–Crippen LogP) is 3.33. The molecule has 5 nitrogen and oxygen atoms in total. The van der Waals surface area contributed by atoms with E-state index in [2.05, 4.69) is 56.7 Å². The third-order valence-corrected chi connectivity index (χ3v) is 5.00. The highest BCUT2D eigenvalue weighted by atomic mass is 15.3. The SMILES string of the molecule is Cc1cc(NCCN2CCC[C@@H](c3ccccc3)C2)n2nccc2n1. The van der Waals surface area contributed by atoms with Crippen molar-refractivity contribution in [2.24, 2.45) is 0 Å². The predicted molar refractivity (Wildman–Crippen MR) is 101 cm³/mol. The second-order valence-corrected chi connectivity index (χ2v) is 6.86. The quantitative estimate of drug-likeness (QED) is 0.777. The minimum absolute atomic E-state index is 0.663. The highest BCUT2D eigenvalue weighted by Gasteiger charge is 2.20. The van der Waals surface area contributed by atoms with Crippen LogP contribution in [0.1, 0.15) is 30.0 Å². The van der Waals surface area contributed by atoms with Crippen molar-refractivity contribution >= 4 is 11.5 Å². The Morgan fingerprint density at radius 1 is 1.20 bits per heavy atom. The number of aromatic nitrogens is 3. The van der Waals surface area contributed by atoms with Crippen molar-refractivity contribution in [3.63, 3.8) is 0 Å². The first-order valence-corrected chi connectivity index (χ1v) is 9.12. The Bertz CT molecular complexity index is 826. The molecule has 1 aliphatic rings. The summed E-state index contributed by atoms with van der Waals surface area (Å²) in [4.78, 5) is 7.06. The maximum absolute atomic E-state index is 4.49. The molecular formula is C20H25N5. The number of benzene rings is 1. The van der Waals surface area contributed by atoms with Gasteiger partial charge in [-0.3, -0.25) is 0 Å². The van der Waals surface area contributed by atoms with Gasteiger partial charge >= 0.3 is 0 Å². The summed E-state index contributed by atoms with van der Waals surface area (Å²) in [6.45, 7) is 6.33. The second kappa shape index (κ2) is 7.23. The third-order valence-electron chi connectivity index (χ3n) is 5.00. The molecule has 0 radical (unpaired) electrons. The van der Waals surface area contributed by atoms with Gasteiger partial charge in [-0.2, -0.15) is 9.61 Å². The number of hydrogen-bond acceptors (Lipinski definition) is 4. The van der Waals surface area contributed by atoms with Gasteiger partial charge in [-0.15, -0.1) is 0 Å². The van der Waals surface area contributed by atoms with Crippen LogP contribution in [0.3, 0.4) is 0 Å². The van der Waals surface area contributed by atoms with Crippen molar-refractivity contribution in [2.75, 3.05) is 31.5 Å². The fourth-order valence-corrected chi connectivity index (χ4v) is 3.76. The molecule has 1 N–H and O–H groups in total. The molecule has 5 heteroatoms. The highest BCUT2D eigenvalue weighted by molar-refractivity contribution is 5.48. The number of aryl methyl sites for hydroxylation is 1. The van der Waals surface area contributed by atoms with E-state index in [0.717, 1.165) is 36.8 Å².